The predicted molar refractivity (Wildman–Crippen MR) is 149 cm³/mol. The van der Waals surface area contributed by atoms with Crippen LogP contribution < -0.4 is 18.6 Å². The molecular formula is C29H37NO6Si. The van der Waals surface area contributed by atoms with Crippen molar-refractivity contribution in [1.29, 1.82) is 5.26 Å². The van der Waals surface area contributed by atoms with Crippen molar-refractivity contribution in [2.45, 2.75) is 58.2 Å². The van der Waals surface area contributed by atoms with Crippen molar-refractivity contribution >= 4 is 35.8 Å². The molecule has 0 fully saturated rings. The van der Waals surface area contributed by atoms with E-state index < -0.39 is 14.3 Å². The van der Waals surface area contributed by atoms with E-state index in [0.29, 0.717) is 39.2 Å². The zero-order valence-corrected chi connectivity index (χ0v) is 24.4. The van der Waals surface area contributed by atoms with Gasteiger partial charge in [-0.3, -0.25) is 0 Å². The molecule has 0 amide bonds. The molecule has 198 valence electrons. The Bertz CT molecular complexity index is 1350. The number of ether oxygens (including phenoxy) is 4. The molecule has 0 bridgehead atoms. The maximum atomic E-state index is 13.2. The Kier molecular flexibility index (Phi) is 8.28. The SMILES string of the molecule is COC(=O)c1c(O[Si](C(C)C)(C(C)C)C(C)C)cc2cc3c(OC)ccc(OC)c3c(OC)c2c1C#N. The van der Waals surface area contributed by atoms with E-state index in [9.17, 15) is 10.1 Å². The highest BCUT2D eigenvalue weighted by atomic mass is 28.4. The fourth-order valence-corrected chi connectivity index (χ4v) is 11.1. The second kappa shape index (κ2) is 10.9. The number of rotatable bonds is 9. The molecule has 0 aliphatic heterocycles. The standard InChI is InChI=1S/C29H37NO6Si/c1-16(2)37(17(3)4,18(5)6)36-24-14-19-13-20-22(32-7)11-12-23(33-8)26(20)28(34-9)25(19)21(15-30)27(24)29(31)35-10/h11-14,16-18H,1-10H3. The molecule has 3 aromatic rings. The Morgan fingerprint density at radius 3 is 1.84 bits per heavy atom. The molecular weight excluding hydrogens is 486 g/mol. The van der Waals surface area contributed by atoms with Gasteiger partial charge in [-0.25, -0.2) is 4.79 Å². The minimum absolute atomic E-state index is 0.107. The van der Waals surface area contributed by atoms with Gasteiger partial charge in [-0.2, -0.15) is 5.26 Å². The van der Waals surface area contributed by atoms with E-state index >= 15 is 0 Å². The lowest BCUT2D eigenvalue weighted by atomic mass is 9.93. The van der Waals surface area contributed by atoms with E-state index in [4.69, 9.17) is 23.4 Å². The average molecular weight is 524 g/mol. The molecule has 0 unspecified atom stereocenters. The van der Waals surface area contributed by atoms with Crippen LogP contribution in [0.15, 0.2) is 24.3 Å². The maximum absolute atomic E-state index is 13.2. The van der Waals surface area contributed by atoms with Gasteiger partial charge in [0.05, 0.1) is 39.4 Å². The monoisotopic (exact) mass is 523 g/mol. The van der Waals surface area contributed by atoms with Crippen LogP contribution in [0, 0.1) is 11.3 Å². The summed E-state index contributed by atoms with van der Waals surface area (Å²) in [5.41, 5.74) is 1.03. The first-order valence-corrected chi connectivity index (χ1v) is 14.6. The molecule has 0 saturated carbocycles. The minimum atomic E-state index is -2.48. The van der Waals surface area contributed by atoms with Crippen molar-refractivity contribution in [3.05, 3.63) is 35.4 Å². The van der Waals surface area contributed by atoms with Crippen LogP contribution in [0.4, 0.5) is 0 Å². The van der Waals surface area contributed by atoms with Crippen LogP contribution in [0.1, 0.15) is 57.5 Å². The van der Waals surface area contributed by atoms with Gasteiger partial charge in [0, 0.05) is 10.8 Å². The summed E-state index contributed by atoms with van der Waals surface area (Å²) in [7, 11) is 3.53. The summed E-state index contributed by atoms with van der Waals surface area (Å²) in [4.78, 5) is 13.2. The van der Waals surface area contributed by atoms with Gasteiger partial charge in [0.1, 0.15) is 34.6 Å². The Morgan fingerprint density at radius 1 is 0.811 bits per heavy atom. The molecule has 0 radical (unpaired) electrons. The summed E-state index contributed by atoms with van der Waals surface area (Å²) in [5.74, 6) is 1.33. The van der Waals surface area contributed by atoms with Gasteiger partial charge in [0.25, 0.3) is 8.32 Å². The minimum Gasteiger partial charge on any atom is -0.542 e. The molecule has 3 aromatic carbocycles. The number of carbonyl (C=O) groups is 1. The zero-order chi connectivity index (χ0) is 27.7. The van der Waals surface area contributed by atoms with Gasteiger partial charge in [-0.15, -0.1) is 0 Å². The highest BCUT2D eigenvalue weighted by molar-refractivity contribution is 6.78. The van der Waals surface area contributed by atoms with Gasteiger partial charge in [-0.05, 0) is 46.3 Å². The lowest BCUT2D eigenvalue weighted by Gasteiger charge is -2.42. The smallest absolute Gasteiger partial charge is 0.342 e. The summed E-state index contributed by atoms with van der Waals surface area (Å²) >= 11 is 0. The fourth-order valence-electron chi connectivity index (χ4n) is 5.87. The zero-order valence-electron chi connectivity index (χ0n) is 23.4. The van der Waals surface area contributed by atoms with Crippen molar-refractivity contribution in [1.82, 2.24) is 0 Å². The molecule has 0 spiro atoms. The molecule has 0 aliphatic rings. The first-order valence-electron chi connectivity index (χ1n) is 12.4. The molecule has 8 heteroatoms. The average Bonchev–Trinajstić information content (AvgIpc) is 2.87. The number of carbonyl (C=O) groups excluding carboxylic acids is 1. The molecule has 7 nitrogen and oxygen atoms in total. The summed E-state index contributed by atoms with van der Waals surface area (Å²) in [6.07, 6.45) is 0. The molecule has 0 aliphatic carbocycles. The second-order valence-electron chi connectivity index (χ2n) is 10.0. The fraction of sp³-hybridized carbons (Fsp3) is 0.448. The molecule has 0 saturated heterocycles. The van der Waals surface area contributed by atoms with Crippen LogP contribution in [0.3, 0.4) is 0 Å². The third kappa shape index (κ3) is 4.46. The lowest BCUT2D eigenvalue weighted by molar-refractivity contribution is 0.0598. The number of nitriles is 1. The van der Waals surface area contributed by atoms with E-state index in [0.717, 1.165) is 5.39 Å². The van der Waals surface area contributed by atoms with Crippen molar-refractivity contribution < 1.29 is 28.2 Å². The topological polar surface area (TPSA) is 87.0 Å². The number of esters is 1. The summed E-state index contributed by atoms with van der Waals surface area (Å²) in [6, 6.07) is 9.62. The number of benzene rings is 3. The van der Waals surface area contributed by atoms with E-state index in [1.54, 1.807) is 20.3 Å². The van der Waals surface area contributed by atoms with Crippen molar-refractivity contribution in [2.75, 3.05) is 28.4 Å². The highest BCUT2D eigenvalue weighted by Gasteiger charge is 2.48. The Balaban J connectivity index is 2.59. The Morgan fingerprint density at radius 2 is 1.38 bits per heavy atom. The van der Waals surface area contributed by atoms with Crippen LogP contribution >= 0.6 is 0 Å². The molecule has 0 heterocycles. The van der Waals surface area contributed by atoms with Crippen molar-refractivity contribution in [3.8, 4) is 29.1 Å². The quantitative estimate of drug-likeness (QED) is 0.166. The van der Waals surface area contributed by atoms with Gasteiger partial charge < -0.3 is 23.4 Å². The van der Waals surface area contributed by atoms with Crippen LogP contribution in [0.2, 0.25) is 16.6 Å². The van der Waals surface area contributed by atoms with E-state index in [1.165, 1.54) is 14.2 Å². The van der Waals surface area contributed by atoms with E-state index in [2.05, 4.69) is 47.6 Å². The third-order valence-corrected chi connectivity index (χ3v) is 13.4. The summed E-state index contributed by atoms with van der Waals surface area (Å²) < 4.78 is 29.3. The van der Waals surface area contributed by atoms with Crippen LogP contribution in [-0.2, 0) is 4.74 Å². The van der Waals surface area contributed by atoms with Crippen LogP contribution in [0.25, 0.3) is 21.5 Å². The number of nitrogens with zero attached hydrogens (tertiary/aromatic N) is 1. The molecule has 3 rings (SSSR count). The number of methoxy groups -OCH3 is 4. The largest absolute Gasteiger partial charge is 0.542 e. The Hall–Kier alpha value is -3.44. The summed E-state index contributed by atoms with van der Waals surface area (Å²) in [6.45, 7) is 13.0. The highest BCUT2D eigenvalue weighted by Crippen LogP contribution is 2.49. The number of hydrogen-bond donors (Lipinski definition) is 0. The lowest BCUT2D eigenvalue weighted by Crippen LogP contribution is -2.51. The summed E-state index contributed by atoms with van der Waals surface area (Å²) in [5, 5.41) is 13.0. The normalized spacial score (nSPS) is 11.8. The van der Waals surface area contributed by atoms with Gasteiger partial charge in [0.2, 0.25) is 0 Å². The van der Waals surface area contributed by atoms with Crippen molar-refractivity contribution in [3.63, 3.8) is 0 Å². The number of hydrogen-bond acceptors (Lipinski definition) is 7. The van der Waals surface area contributed by atoms with E-state index in [-0.39, 0.29) is 27.8 Å². The first-order chi connectivity index (χ1) is 17.5. The molecule has 37 heavy (non-hydrogen) atoms. The predicted octanol–water partition coefficient (Wildman–Crippen LogP) is 7.23. The second-order valence-corrected chi connectivity index (χ2v) is 15.4. The maximum Gasteiger partial charge on any atom is 0.342 e. The molecule has 0 N–H and O–H groups in total. The van der Waals surface area contributed by atoms with Gasteiger partial charge in [-0.1, -0.05) is 41.5 Å². The molecule has 0 aromatic heterocycles. The van der Waals surface area contributed by atoms with Crippen LogP contribution in [-0.4, -0.2) is 42.7 Å². The molecule has 0 atom stereocenters. The van der Waals surface area contributed by atoms with Crippen LogP contribution in [0.5, 0.6) is 23.0 Å². The third-order valence-electron chi connectivity index (χ3n) is 7.38. The van der Waals surface area contributed by atoms with E-state index in [1.807, 2.05) is 18.2 Å². The Labute approximate surface area is 220 Å². The number of fused-ring (bicyclic) bond motifs is 2. The van der Waals surface area contributed by atoms with Gasteiger partial charge >= 0.3 is 5.97 Å². The first kappa shape index (κ1) is 28.1. The van der Waals surface area contributed by atoms with Crippen molar-refractivity contribution in [2.24, 2.45) is 0 Å². The van der Waals surface area contributed by atoms with Gasteiger partial charge in [0.15, 0.2) is 0 Å².